The van der Waals surface area contributed by atoms with Crippen molar-refractivity contribution in [2.75, 3.05) is 14.1 Å². The lowest BCUT2D eigenvalue weighted by Gasteiger charge is -2.26. The zero-order valence-corrected chi connectivity index (χ0v) is 8.12. The summed E-state index contributed by atoms with van der Waals surface area (Å²) in [5.41, 5.74) is 2.70. The summed E-state index contributed by atoms with van der Waals surface area (Å²) in [6, 6.07) is 9.93. The molecule has 0 heterocycles. The van der Waals surface area contributed by atoms with Crippen molar-refractivity contribution in [2.45, 2.75) is 6.42 Å². The highest BCUT2D eigenvalue weighted by molar-refractivity contribution is 5.61. The van der Waals surface area contributed by atoms with E-state index in [-0.39, 0.29) is 0 Å². The van der Waals surface area contributed by atoms with Gasteiger partial charge >= 0.3 is 0 Å². The molecule has 0 spiro atoms. The van der Waals surface area contributed by atoms with Gasteiger partial charge in [0.2, 0.25) is 0 Å². The summed E-state index contributed by atoms with van der Waals surface area (Å²) in [5.74, 6) is 0. The first-order valence-corrected chi connectivity index (χ1v) is 4.58. The van der Waals surface area contributed by atoms with Gasteiger partial charge in [-0.2, -0.15) is 0 Å². The lowest BCUT2D eigenvalue weighted by atomic mass is 9.92. The maximum absolute atomic E-state index is 2.22. The van der Waals surface area contributed by atoms with Gasteiger partial charge in [0.1, 0.15) is 0 Å². The SMILES string of the molecule is CN(C)[C]1CC=Cc2ccccc21. The second-order valence-corrected chi connectivity index (χ2v) is 3.53. The third-order valence-corrected chi connectivity index (χ3v) is 2.42. The molecular weight excluding hydrogens is 158 g/mol. The fourth-order valence-electron chi connectivity index (χ4n) is 1.74. The van der Waals surface area contributed by atoms with Crippen molar-refractivity contribution in [3.05, 3.63) is 47.5 Å². The lowest BCUT2D eigenvalue weighted by Crippen LogP contribution is -2.22. The van der Waals surface area contributed by atoms with Crippen molar-refractivity contribution in [1.29, 1.82) is 0 Å². The first-order chi connectivity index (χ1) is 6.29. The fraction of sp³-hybridized carbons (Fsp3) is 0.250. The summed E-state index contributed by atoms with van der Waals surface area (Å²) in [5, 5.41) is 0. The lowest BCUT2D eigenvalue weighted by molar-refractivity contribution is 0.433. The number of fused-ring (bicyclic) bond motifs is 1. The van der Waals surface area contributed by atoms with Crippen LogP contribution in [-0.2, 0) is 0 Å². The van der Waals surface area contributed by atoms with E-state index in [2.05, 4.69) is 55.4 Å². The molecule has 2 rings (SSSR count). The van der Waals surface area contributed by atoms with Gasteiger partial charge in [-0.15, -0.1) is 0 Å². The van der Waals surface area contributed by atoms with Gasteiger partial charge in [0.15, 0.2) is 0 Å². The quantitative estimate of drug-likeness (QED) is 0.629. The summed E-state index contributed by atoms with van der Waals surface area (Å²) in [6.07, 6.45) is 5.46. The Morgan fingerprint density at radius 3 is 2.69 bits per heavy atom. The smallest absolute Gasteiger partial charge is 0.0727 e. The van der Waals surface area contributed by atoms with Crippen LogP contribution in [0.3, 0.4) is 0 Å². The van der Waals surface area contributed by atoms with Gasteiger partial charge in [-0.1, -0.05) is 36.4 Å². The third-order valence-electron chi connectivity index (χ3n) is 2.42. The van der Waals surface area contributed by atoms with Crippen LogP contribution < -0.4 is 0 Å². The van der Waals surface area contributed by atoms with Crippen molar-refractivity contribution in [3.63, 3.8) is 0 Å². The van der Waals surface area contributed by atoms with Crippen LogP contribution in [0.1, 0.15) is 17.5 Å². The molecule has 1 aliphatic carbocycles. The second-order valence-electron chi connectivity index (χ2n) is 3.53. The molecule has 13 heavy (non-hydrogen) atoms. The monoisotopic (exact) mass is 172 g/mol. The largest absolute Gasteiger partial charge is 0.298 e. The molecule has 1 nitrogen and oxygen atoms in total. The normalized spacial score (nSPS) is 16.2. The zero-order valence-electron chi connectivity index (χ0n) is 8.12. The number of nitrogens with zero attached hydrogens (tertiary/aromatic N) is 1. The Bertz CT molecular complexity index is 326. The van der Waals surface area contributed by atoms with Gasteiger partial charge in [0, 0.05) is 0 Å². The molecule has 0 atom stereocenters. The molecule has 0 aliphatic heterocycles. The van der Waals surface area contributed by atoms with E-state index in [9.17, 15) is 0 Å². The summed E-state index contributed by atoms with van der Waals surface area (Å²) in [6.45, 7) is 0. The molecule has 67 valence electrons. The van der Waals surface area contributed by atoms with Gasteiger partial charge in [-0.05, 0) is 31.6 Å². The predicted molar refractivity (Wildman–Crippen MR) is 56.1 cm³/mol. The molecule has 1 aromatic rings. The van der Waals surface area contributed by atoms with Crippen LogP contribution in [0.4, 0.5) is 0 Å². The number of hydrogen-bond donors (Lipinski definition) is 0. The van der Waals surface area contributed by atoms with Crippen LogP contribution in [-0.4, -0.2) is 19.0 Å². The molecule has 1 aromatic carbocycles. The molecule has 0 N–H and O–H groups in total. The Labute approximate surface area is 79.7 Å². The fourth-order valence-corrected chi connectivity index (χ4v) is 1.74. The summed E-state index contributed by atoms with van der Waals surface area (Å²) in [4.78, 5) is 2.20. The molecule has 0 fully saturated rings. The van der Waals surface area contributed by atoms with Crippen molar-refractivity contribution in [1.82, 2.24) is 4.90 Å². The minimum atomic E-state index is 1.05. The van der Waals surface area contributed by atoms with Crippen molar-refractivity contribution < 1.29 is 0 Å². The molecule has 0 saturated carbocycles. The second kappa shape index (κ2) is 3.35. The molecule has 0 aromatic heterocycles. The summed E-state index contributed by atoms with van der Waals surface area (Å²) >= 11 is 0. The highest BCUT2D eigenvalue weighted by Crippen LogP contribution is 2.29. The summed E-state index contributed by atoms with van der Waals surface area (Å²) < 4.78 is 0. The van der Waals surface area contributed by atoms with Gasteiger partial charge in [0.25, 0.3) is 0 Å². The molecule has 0 bridgehead atoms. The van der Waals surface area contributed by atoms with E-state index in [4.69, 9.17) is 0 Å². The first kappa shape index (κ1) is 8.52. The van der Waals surface area contributed by atoms with E-state index < -0.39 is 0 Å². The highest BCUT2D eigenvalue weighted by atomic mass is 15.1. The Morgan fingerprint density at radius 2 is 1.92 bits per heavy atom. The van der Waals surface area contributed by atoms with E-state index in [0.717, 1.165) is 6.42 Å². The predicted octanol–water partition coefficient (Wildman–Crippen LogP) is 2.55. The average Bonchev–Trinajstić information content (AvgIpc) is 2.17. The maximum atomic E-state index is 2.22. The maximum Gasteiger partial charge on any atom is 0.0727 e. The molecule has 0 unspecified atom stereocenters. The third kappa shape index (κ3) is 1.52. The molecule has 1 heteroatoms. The van der Waals surface area contributed by atoms with E-state index >= 15 is 0 Å². The molecule has 0 amide bonds. The van der Waals surface area contributed by atoms with Crippen LogP contribution in [0.5, 0.6) is 0 Å². The van der Waals surface area contributed by atoms with E-state index in [1.54, 1.807) is 0 Å². The average molecular weight is 172 g/mol. The highest BCUT2D eigenvalue weighted by Gasteiger charge is 2.18. The van der Waals surface area contributed by atoms with Gasteiger partial charge in [0.05, 0.1) is 6.04 Å². The van der Waals surface area contributed by atoms with Crippen LogP contribution in [0, 0.1) is 6.04 Å². The Hall–Kier alpha value is -1.08. The molecule has 1 radical (unpaired) electrons. The van der Waals surface area contributed by atoms with Gasteiger partial charge < -0.3 is 0 Å². The Kier molecular flexibility index (Phi) is 2.19. The standard InChI is InChI=1S/C12H14N/c1-13(2)12-9-5-7-10-6-3-4-8-11(10)12/h3-8H,9H2,1-2H3. The topological polar surface area (TPSA) is 3.24 Å². The number of hydrogen-bond acceptors (Lipinski definition) is 1. The van der Waals surface area contributed by atoms with Crippen LogP contribution in [0.15, 0.2) is 30.3 Å². The minimum Gasteiger partial charge on any atom is -0.298 e. The zero-order chi connectivity index (χ0) is 9.26. The molecular formula is C12H14N. The van der Waals surface area contributed by atoms with Crippen molar-refractivity contribution in [3.8, 4) is 0 Å². The van der Waals surface area contributed by atoms with E-state index in [1.165, 1.54) is 17.2 Å². The van der Waals surface area contributed by atoms with Gasteiger partial charge in [-0.25, -0.2) is 0 Å². The first-order valence-electron chi connectivity index (χ1n) is 4.58. The van der Waals surface area contributed by atoms with Crippen molar-refractivity contribution >= 4 is 6.08 Å². The number of benzene rings is 1. The van der Waals surface area contributed by atoms with Crippen LogP contribution >= 0.6 is 0 Å². The number of rotatable bonds is 1. The van der Waals surface area contributed by atoms with Gasteiger partial charge in [-0.3, -0.25) is 4.90 Å². The van der Waals surface area contributed by atoms with Crippen LogP contribution in [0.2, 0.25) is 0 Å². The summed E-state index contributed by atoms with van der Waals surface area (Å²) in [7, 11) is 4.20. The molecule has 1 aliphatic rings. The van der Waals surface area contributed by atoms with Crippen LogP contribution in [0.25, 0.3) is 6.08 Å². The Morgan fingerprint density at radius 1 is 1.15 bits per heavy atom. The van der Waals surface area contributed by atoms with E-state index in [1.807, 2.05) is 0 Å². The van der Waals surface area contributed by atoms with E-state index in [0.29, 0.717) is 0 Å². The Balaban J connectivity index is 2.43. The molecule has 0 saturated heterocycles. The minimum absolute atomic E-state index is 1.05. The van der Waals surface area contributed by atoms with Crippen molar-refractivity contribution in [2.24, 2.45) is 0 Å².